The number of aryl methyl sites for hydroxylation is 2. The zero-order chi connectivity index (χ0) is 18.5. The molecule has 1 aromatic carbocycles. The summed E-state index contributed by atoms with van der Waals surface area (Å²) in [4.78, 5) is 30.0. The number of fused-ring (bicyclic) bond motifs is 1. The van der Waals surface area contributed by atoms with Gasteiger partial charge in [-0.15, -0.1) is 11.3 Å². The number of hydrogen-bond acceptors (Lipinski definition) is 5. The monoisotopic (exact) mass is 374 g/mol. The van der Waals surface area contributed by atoms with Crippen molar-refractivity contribution in [3.8, 4) is 5.75 Å². The van der Waals surface area contributed by atoms with Crippen LogP contribution in [-0.2, 0) is 19.3 Å². The van der Waals surface area contributed by atoms with E-state index in [1.165, 1.54) is 24.1 Å². The zero-order valence-corrected chi connectivity index (χ0v) is 15.7. The summed E-state index contributed by atoms with van der Waals surface area (Å²) in [5.74, 6) is 0.176. The molecule has 3 rings (SSSR count). The number of urea groups is 1. The molecule has 3 amide bonds. The fourth-order valence-electron chi connectivity index (χ4n) is 2.91. The molecule has 3 N–H and O–H groups in total. The van der Waals surface area contributed by atoms with E-state index in [4.69, 9.17) is 4.74 Å². The standard InChI is InChI=1S/C18H22N4O3S/c1-19-17(23)12-10-11(6-7-14(12)25-2)21-18(24)20-9-8-16-22-13-4-3-5-15(13)26-16/h6-7,10H,3-5,8-9H2,1-2H3,(H,19,23)(H2,20,21,24). The summed E-state index contributed by atoms with van der Waals surface area (Å²) in [6, 6.07) is 4.61. The van der Waals surface area contributed by atoms with Crippen LogP contribution in [-0.4, -0.2) is 37.6 Å². The van der Waals surface area contributed by atoms with Gasteiger partial charge >= 0.3 is 6.03 Å². The smallest absolute Gasteiger partial charge is 0.319 e. The summed E-state index contributed by atoms with van der Waals surface area (Å²) in [7, 11) is 3.04. The number of benzene rings is 1. The Morgan fingerprint density at radius 2 is 2.15 bits per heavy atom. The number of nitrogens with one attached hydrogen (secondary N) is 3. The minimum atomic E-state index is -0.317. The lowest BCUT2D eigenvalue weighted by Gasteiger charge is -2.11. The van der Waals surface area contributed by atoms with Gasteiger partial charge in [-0.2, -0.15) is 0 Å². The molecule has 0 saturated carbocycles. The molecule has 138 valence electrons. The van der Waals surface area contributed by atoms with E-state index in [2.05, 4.69) is 20.9 Å². The normalized spacial score (nSPS) is 12.4. The fraction of sp³-hybridized carbons (Fsp3) is 0.389. The molecule has 2 aromatic rings. The first-order valence-corrected chi connectivity index (χ1v) is 9.34. The number of methoxy groups -OCH3 is 1. The molecule has 0 spiro atoms. The lowest BCUT2D eigenvalue weighted by Crippen LogP contribution is -2.30. The summed E-state index contributed by atoms with van der Waals surface area (Å²) in [6.07, 6.45) is 4.13. The van der Waals surface area contributed by atoms with E-state index < -0.39 is 0 Å². The number of thiazole rings is 1. The molecule has 1 aliphatic rings. The molecule has 0 saturated heterocycles. The maximum atomic E-state index is 12.1. The van der Waals surface area contributed by atoms with Gasteiger partial charge in [-0.25, -0.2) is 9.78 Å². The first kappa shape index (κ1) is 18.2. The maximum Gasteiger partial charge on any atom is 0.319 e. The van der Waals surface area contributed by atoms with Crippen LogP contribution in [0.3, 0.4) is 0 Å². The van der Waals surface area contributed by atoms with Crippen molar-refractivity contribution < 1.29 is 14.3 Å². The molecule has 26 heavy (non-hydrogen) atoms. The fourth-order valence-corrected chi connectivity index (χ4v) is 4.06. The average molecular weight is 374 g/mol. The third-order valence-corrected chi connectivity index (χ3v) is 5.41. The van der Waals surface area contributed by atoms with E-state index in [-0.39, 0.29) is 11.9 Å². The predicted octanol–water partition coefficient (Wildman–Crippen LogP) is 2.36. The van der Waals surface area contributed by atoms with E-state index in [9.17, 15) is 9.59 Å². The number of amides is 3. The number of carbonyl (C=O) groups is 2. The quantitative estimate of drug-likeness (QED) is 0.724. The zero-order valence-electron chi connectivity index (χ0n) is 14.8. The Balaban J connectivity index is 1.53. The van der Waals surface area contributed by atoms with Gasteiger partial charge in [0.05, 0.1) is 23.4 Å². The van der Waals surface area contributed by atoms with E-state index >= 15 is 0 Å². The Labute approximate surface area is 156 Å². The summed E-state index contributed by atoms with van der Waals surface area (Å²) >= 11 is 1.75. The molecule has 8 heteroatoms. The Morgan fingerprint density at radius 3 is 2.88 bits per heavy atom. The second-order valence-electron chi connectivity index (χ2n) is 5.96. The third kappa shape index (κ3) is 4.13. The molecule has 1 aliphatic carbocycles. The van der Waals surface area contributed by atoms with Crippen LogP contribution in [0.2, 0.25) is 0 Å². The average Bonchev–Trinajstić information content (AvgIpc) is 3.22. The van der Waals surface area contributed by atoms with Gasteiger partial charge < -0.3 is 20.7 Å². The molecular formula is C18H22N4O3S. The predicted molar refractivity (Wildman–Crippen MR) is 101 cm³/mol. The summed E-state index contributed by atoms with van der Waals surface area (Å²) in [5, 5.41) is 9.18. The molecule has 1 heterocycles. The summed E-state index contributed by atoms with van der Waals surface area (Å²) in [6.45, 7) is 0.511. The van der Waals surface area contributed by atoms with E-state index in [0.717, 1.165) is 24.3 Å². The number of ether oxygens (including phenoxy) is 1. The second kappa shape index (κ2) is 8.18. The van der Waals surface area contributed by atoms with E-state index in [1.807, 2.05) is 0 Å². The highest BCUT2D eigenvalue weighted by molar-refractivity contribution is 7.11. The first-order chi connectivity index (χ1) is 12.6. The van der Waals surface area contributed by atoms with Crippen LogP contribution in [0.25, 0.3) is 0 Å². The van der Waals surface area contributed by atoms with Crippen LogP contribution in [0.5, 0.6) is 5.75 Å². The van der Waals surface area contributed by atoms with Crippen molar-refractivity contribution in [3.63, 3.8) is 0 Å². The van der Waals surface area contributed by atoms with E-state index in [0.29, 0.717) is 23.5 Å². The highest BCUT2D eigenvalue weighted by atomic mass is 32.1. The number of aromatic nitrogens is 1. The minimum absolute atomic E-state index is 0.275. The van der Waals surface area contributed by atoms with Crippen molar-refractivity contribution in [2.24, 2.45) is 0 Å². The van der Waals surface area contributed by atoms with E-state index in [1.54, 1.807) is 36.6 Å². The largest absolute Gasteiger partial charge is 0.496 e. The molecular weight excluding hydrogens is 352 g/mol. The first-order valence-electron chi connectivity index (χ1n) is 8.53. The van der Waals surface area contributed by atoms with Gasteiger partial charge in [-0.05, 0) is 37.5 Å². The number of carbonyl (C=O) groups excluding carboxylic acids is 2. The highest BCUT2D eigenvalue weighted by Crippen LogP contribution is 2.27. The van der Waals surface area contributed by atoms with Crippen LogP contribution >= 0.6 is 11.3 Å². The molecule has 0 fully saturated rings. The van der Waals surface area contributed by atoms with Gasteiger partial charge in [0.25, 0.3) is 5.91 Å². The van der Waals surface area contributed by atoms with Crippen LogP contribution in [0.4, 0.5) is 10.5 Å². The Hall–Kier alpha value is -2.61. The number of anilines is 1. The van der Waals surface area contributed by atoms with Crippen molar-refractivity contribution in [3.05, 3.63) is 39.3 Å². The SMILES string of the molecule is CNC(=O)c1cc(NC(=O)NCCc2nc3c(s2)CCC3)ccc1OC. The summed E-state index contributed by atoms with van der Waals surface area (Å²) < 4.78 is 5.17. The van der Waals surface area contributed by atoms with Gasteiger partial charge in [-0.1, -0.05) is 0 Å². The maximum absolute atomic E-state index is 12.1. The van der Waals surface area contributed by atoms with Crippen molar-refractivity contribution in [2.75, 3.05) is 26.0 Å². The van der Waals surface area contributed by atoms with Gasteiger partial charge in [-0.3, -0.25) is 4.79 Å². The number of nitrogens with zero attached hydrogens (tertiary/aromatic N) is 1. The molecule has 7 nitrogen and oxygen atoms in total. The lowest BCUT2D eigenvalue weighted by atomic mass is 10.1. The topological polar surface area (TPSA) is 92.4 Å². The highest BCUT2D eigenvalue weighted by Gasteiger charge is 2.16. The molecule has 1 aromatic heterocycles. The van der Waals surface area contributed by atoms with Gasteiger partial charge in [0.15, 0.2) is 0 Å². The van der Waals surface area contributed by atoms with Crippen LogP contribution in [0.15, 0.2) is 18.2 Å². The Bertz CT molecular complexity index is 797. The lowest BCUT2D eigenvalue weighted by molar-refractivity contribution is 0.0960. The molecule has 0 unspecified atom stereocenters. The molecule has 0 aliphatic heterocycles. The Kier molecular flexibility index (Phi) is 5.72. The van der Waals surface area contributed by atoms with Gasteiger partial charge in [0.1, 0.15) is 5.75 Å². The third-order valence-electron chi connectivity index (χ3n) is 4.19. The van der Waals surface area contributed by atoms with Crippen LogP contribution in [0, 0.1) is 0 Å². The summed E-state index contributed by atoms with van der Waals surface area (Å²) in [5.41, 5.74) is 2.12. The van der Waals surface area contributed by atoms with Crippen molar-refractivity contribution in [1.29, 1.82) is 0 Å². The molecule has 0 bridgehead atoms. The van der Waals surface area contributed by atoms with Crippen molar-refractivity contribution in [2.45, 2.75) is 25.7 Å². The minimum Gasteiger partial charge on any atom is -0.496 e. The van der Waals surface area contributed by atoms with Gasteiger partial charge in [0.2, 0.25) is 0 Å². The van der Waals surface area contributed by atoms with Crippen LogP contribution in [0.1, 0.15) is 32.4 Å². The van der Waals surface area contributed by atoms with Crippen molar-refractivity contribution >= 4 is 29.0 Å². The number of rotatable bonds is 6. The van der Waals surface area contributed by atoms with Crippen molar-refractivity contribution in [1.82, 2.24) is 15.6 Å². The van der Waals surface area contributed by atoms with Crippen LogP contribution < -0.4 is 20.7 Å². The molecule has 0 radical (unpaired) electrons. The molecule has 0 atom stereocenters. The number of hydrogen-bond donors (Lipinski definition) is 3. The Morgan fingerprint density at radius 1 is 1.31 bits per heavy atom. The van der Waals surface area contributed by atoms with Gasteiger partial charge in [0, 0.05) is 30.6 Å². The second-order valence-corrected chi connectivity index (χ2v) is 7.12.